The Morgan fingerprint density at radius 3 is 2.11 bits per heavy atom. The van der Waals surface area contributed by atoms with Crippen LogP contribution in [-0.2, 0) is 9.59 Å². The highest BCUT2D eigenvalue weighted by molar-refractivity contribution is 7.80. The van der Waals surface area contributed by atoms with Gasteiger partial charge in [-0.3, -0.25) is 9.59 Å². The number of rotatable bonds is 7. The number of likely N-dealkylation sites (N-methyl/N-ethyl adjacent to an activating group) is 1. The highest BCUT2D eigenvalue weighted by Gasteiger charge is 2.34. The van der Waals surface area contributed by atoms with Crippen LogP contribution in [0.4, 0.5) is 0 Å². The largest absolute Gasteiger partial charge is 0.392 e. The molecular weight excluding hydrogens is 250 g/mol. The third-order valence-electron chi connectivity index (χ3n) is 3.27. The normalized spacial score (nSPS) is 13.6. The molecule has 0 rings (SSSR count). The number of thiocarbonyl (C=S) groups is 1. The van der Waals surface area contributed by atoms with E-state index in [0.717, 1.165) is 0 Å². The van der Waals surface area contributed by atoms with E-state index >= 15 is 0 Å². The standard InChI is InChI=1S/C12H23N3O2S/c1-5-12(4,10(13)18)11(17)14-8-9(16)15(6-2)7-3/h5-8H2,1-4H3,(H2,13,18)(H,14,17). The molecule has 0 aromatic rings. The summed E-state index contributed by atoms with van der Waals surface area (Å²) >= 11 is 4.90. The first-order valence-electron chi connectivity index (χ1n) is 6.19. The van der Waals surface area contributed by atoms with E-state index in [1.165, 1.54) is 0 Å². The van der Waals surface area contributed by atoms with Crippen LogP contribution >= 0.6 is 12.2 Å². The summed E-state index contributed by atoms with van der Waals surface area (Å²) in [6, 6.07) is 0. The summed E-state index contributed by atoms with van der Waals surface area (Å²) in [5.74, 6) is -0.396. The molecule has 0 aliphatic heterocycles. The third-order valence-corrected chi connectivity index (χ3v) is 3.72. The molecule has 1 unspecified atom stereocenters. The lowest BCUT2D eigenvalue weighted by Gasteiger charge is -2.26. The first kappa shape index (κ1) is 16.8. The fourth-order valence-corrected chi connectivity index (χ4v) is 1.72. The van der Waals surface area contributed by atoms with Gasteiger partial charge in [0.15, 0.2) is 0 Å². The molecule has 1 atom stereocenters. The van der Waals surface area contributed by atoms with Crippen molar-refractivity contribution in [3.05, 3.63) is 0 Å². The smallest absolute Gasteiger partial charge is 0.241 e. The van der Waals surface area contributed by atoms with Gasteiger partial charge in [-0.25, -0.2) is 0 Å². The summed E-state index contributed by atoms with van der Waals surface area (Å²) in [4.78, 5) is 25.5. The minimum atomic E-state index is -0.890. The number of nitrogens with two attached hydrogens (primary N) is 1. The van der Waals surface area contributed by atoms with Gasteiger partial charge < -0.3 is 16.0 Å². The molecule has 18 heavy (non-hydrogen) atoms. The van der Waals surface area contributed by atoms with Gasteiger partial charge >= 0.3 is 0 Å². The molecule has 0 spiro atoms. The van der Waals surface area contributed by atoms with Crippen LogP contribution in [-0.4, -0.2) is 41.3 Å². The van der Waals surface area contributed by atoms with E-state index in [-0.39, 0.29) is 23.3 Å². The van der Waals surface area contributed by atoms with Gasteiger partial charge in [0.1, 0.15) is 0 Å². The van der Waals surface area contributed by atoms with Crippen molar-refractivity contribution in [2.24, 2.45) is 11.1 Å². The minimum Gasteiger partial charge on any atom is -0.392 e. The molecule has 0 saturated carbocycles. The van der Waals surface area contributed by atoms with Gasteiger partial charge in [0.2, 0.25) is 11.8 Å². The molecule has 0 aliphatic rings. The lowest BCUT2D eigenvalue weighted by atomic mass is 9.86. The first-order chi connectivity index (χ1) is 8.33. The summed E-state index contributed by atoms with van der Waals surface area (Å²) in [6.45, 7) is 8.57. The van der Waals surface area contributed by atoms with Crippen LogP contribution in [0.25, 0.3) is 0 Å². The Morgan fingerprint density at radius 1 is 1.28 bits per heavy atom. The first-order valence-corrected chi connectivity index (χ1v) is 6.60. The summed E-state index contributed by atoms with van der Waals surface area (Å²) < 4.78 is 0. The van der Waals surface area contributed by atoms with Crippen molar-refractivity contribution >= 4 is 29.0 Å². The van der Waals surface area contributed by atoms with Crippen molar-refractivity contribution in [1.82, 2.24) is 10.2 Å². The predicted molar refractivity (Wildman–Crippen MR) is 76.1 cm³/mol. The summed E-state index contributed by atoms with van der Waals surface area (Å²) in [5, 5.41) is 2.61. The zero-order chi connectivity index (χ0) is 14.3. The zero-order valence-electron chi connectivity index (χ0n) is 11.6. The number of amides is 2. The van der Waals surface area contributed by atoms with Gasteiger partial charge in [0, 0.05) is 13.1 Å². The highest BCUT2D eigenvalue weighted by Crippen LogP contribution is 2.21. The van der Waals surface area contributed by atoms with Crippen molar-refractivity contribution in [3.63, 3.8) is 0 Å². The quantitative estimate of drug-likeness (QED) is 0.669. The fourth-order valence-electron chi connectivity index (χ4n) is 1.49. The van der Waals surface area contributed by atoms with Crippen LogP contribution in [0, 0.1) is 5.41 Å². The van der Waals surface area contributed by atoms with E-state index in [4.69, 9.17) is 18.0 Å². The predicted octanol–water partition coefficient (Wildman–Crippen LogP) is 0.673. The Morgan fingerprint density at radius 2 is 1.78 bits per heavy atom. The van der Waals surface area contributed by atoms with Crippen molar-refractivity contribution < 1.29 is 9.59 Å². The van der Waals surface area contributed by atoms with Crippen LogP contribution in [0.2, 0.25) is 0 Å². The van der Waals surface area contributed by atoms with Crippen molar-refractivity contribution in [1.29, 1.82) is 0 Å². The van der Waals surface area contributed by atoms with Gasteiger partial charge in [0.05, 0.1) is 16.9 Å². The van der Waals surface area contributed by atoms with E-state index < -0.39 is 5.41 Å². The molecule has 0 aliphatic carbocycles. The average molecular weight is 273 g/mol. The number of carbonyl (C=O) groups excluding carboxylic acids is 2. The summed E-state index contributed by atoms with van der Waals surface area (Å²) in [7, 11) is 0. The molecule has 6 heteroatoms. The Bertz CT molecular complexity index is 329. The maximum absolute atomic E-state index is 12.0. The second-order valence-corrected chi connectivity index (χ2v) is 4.74. The highest BCUT2D eigenvalue weighted by atomic mass is 32.1. The van der Waals surface area contributed by atoms with Gasteiger partial charge in [-0.1, -0.05) is 19.1 Å². The van der Waals surface area contributed by atoms with Crippen LogP contribution in [0.3, 0.4) is 0 Å². The molecule has 2 amide bonds. The van der Waals surface area contributed by atoms with Crippen LogP contribution in [0.5, 0.6) is 0 Å². The second kappa shape index (κ2) is 7.31. The third kappa shape index (κ3) is 3.94. The number of hydrogen-bond acceptors (Lipinski definition) is 3. The second-order valence-electron chi connectivity index (χ2n) is 4.30. The molecule has 0 fully saturated rings. The maximum Gasteiger partial charge on any atom is 0.241 e. The molecule has 104 valence electrons. The van der Waals surface area contributed by atoms with Crippen molar-refractivity contribution in [2.45, 2.75) is 34.1 Å². The number of nitrogens with zero attached hydrogens (tertiary/aromatic N) is 1. The molecule has 0 radical (unpaired) electrons. The van der Waals surface area contributed by atoms with Gasteiger partial charge in [-0.2, -0.15) is 0 Å². The lowest BCUT2D eigenvalue weighted by Crippen LogP contribution is -2.49. The van der Waals surface area contributed by atoms with E-state index in [9.17, 15) is 9.59 Å². The lowest BCUT2D eigenvalue weighted by molar-refractivity contribution is -0.134. The van der Waals surface area contributed by atoms with Crippen LogP contribution in [0.1, 0.15) is 34.1 Å². The van der Waals surface area contributed by atoms with E-state index in [1.807, 2.05) is 20.8 Å². The van der Waals surface area contributed by atoms with Gasteiger partial charge in [-0.05, 0) is 27.2 Å². The number of carbonyl (C=O) groups is 2. The molecular formula is C12H23N3O2S. The zero-order valence-corrected chi connectivity index (χ0v) is 12.4. The average Bonchev–Trinajstić information content (AvgIpc) is 2.35. The van der Waals surface area contributed by atoms with E-state index in [2.05, 4.69) is 5.32 Å². The Hall–Kier alpha value is -1.17. The fraction of sp³-hybridized carbons (Fsp3) is 0.750. The molecule has 0 heterocycles. The molecule has 0 aromatic carbocycles. The Kier molecular flexibility index (Phi) is 6.83. The molecule has 3 N–H and O–H groups in total. The van der Waals surface area contributed by atoms with Gasteiger partial charge in [0.25, 0.3) is 0 Å². The number of hydrogen-bond donors (Lipinski definition) is 2. The molecule has 0 aromatic heterocycles. The Balaban J connectivity index is 4.51. The number of nitrogens with one attached hydrogen (secondary N) is 1. The topological polar surface area (TPSA) is 75.4 Å². The van der Waals surface area contributed by atoms with Gasteiger partial charge in [-0.15, -0.1) is 0 Å². The SMILES string of the molecule is CCN(CC)C(=O)CNC(=O)C(C)(CC)C(N)=S. The van der Waals surface area contributed by atoms with Crippen molar-refractivity contribution in [2.75, 3.05) is 19.6 Å². The molecule has 0 saturated heterocycles. The molecule has 5 nitrogen and oxygen atoms in total. The van der Waals surface area contributed by atoms with E-state index in [0.29, 0.717) is 19.5 Å². The van der Waals surface area contributed by atoms with Crippen LogP contribution in [0.15, 0.2) is 0 Å². The van der Waals surface area contributed by atoms with Crippen molar-refractivity contribution in [3.8, 4) is 0 Å². The Labute approximate surface area is 114 Å². The maximum atomic E-state index is 12.0. The molecule has 0 bridgehead atoms. The van der Waals surface area contributed by atoms with Crippen LogP contribution < -0.4 is 11.1 Å². The summed E-state index contributed by atoms with van der Waals surface area (Å²) in [5.41, 5.74) is 4.69. The summed E-state index contributed by atoms with van der Waals surface area (Å²) in [6.07, 6.45) is 0.508. The monoisotopic (exact) mass is 273 g/mol. The minimum absolute atomic E-state index is 0.0152. The van der Waals surface area contributed by atoms with E-state index in [1.54, 1.807) is 11.8 Å².